The number of carbonyl (C=O) groups excluding carboxylic acids is 1. The van der Waals surface area contributed by atoms with E-state index >= 15 is 0 Å². The van der Waals surface area contributed by atoms with Crippen LogP contribution in [0.4, 0.5) is 4.79 Å². The van der Waals surface area contributed by atoms with Gasteiger partial charge in [-0.15, -0.1) is 6.58 Å². The zero-order chi connectivity index (χ0) is 14.1. The highest BCUT2D eigenvalue weighted by Crippen LogP contribution is 2.05. The molecule has 0 aromatic heterocycles. The fraction of sp³-hybridized carbons (Fsp3) is 0.692. The summed E-state index contributed by atoms with van der Waals surface area (Å²) >= 11 is 0. The molecule has 18 heavy (non-hydrogen) atoms. The molecule has 104 valence electrons. The summed E-state index contributed by atoms with van der Waals surface area (Å²) in [4.78, 5) is 24.1. The SMILES string of the molecule is C=CCN(C(=O)NCCCC(C)C(=O)O)C(C)C. The number of hydrogen-bond acceptors (Lipinski definition) is 2. The quantitative estimate of drug-likeness (QED) is 0.516. The minimum atomic E-state index is -0.795. The summed E-state index contributed by atoms with van der Waals surface area (Å²) in [5.41, 5.74) is 0. The van der Waals surface area contributed by atoms with Gasteiger partial charge in [0.15, 0.2) is 0 Å². The van der Waals surface area contributed by atoms with E-state index in [0.29, 0.717) is 25.9 Å². The maximum Gasteiger partial charge on any atom is 0.317 e. The molecule has 0 fully saturated rings. The first kappa shape index (κ1) is 16.5. The zero-order valence-corrected chi connectivity index (χ0v) is 11.5. The summed E-state index contributed by atoms with van der Waals surface area (Å²) in [6, 6.07) is -0.0196. The molecule has 0 aromatic carbocycles. The van der Waals surface area contributed by atoms with Crippen molar-refractivity contribution in [2.75, 3.05) is 13.1 Å². The number of nitrogens with zero attached hydrogens (tertiary/aromatic N) is 1. The number of hydrogen-bond donors (Lipinski definition) is 2. The van der Waals surface area contributed by atoms with Crippen LogP contribution in [0.25, 0.3) is 0 Å². The van der Waals surface area contributed by atoms with Gasteiger partial charge in [-0.1, -0.05) is 13.0 Å². The Kier molecular flexibility index (Phi) is 7.83. The van der Waals surface area contributed by atoms with Crippen molar-refractivity contribution >= 4 is 12.0 Å². The van der Waals surface area contributed by atoms with E-state index in [1.807, 2.05) is 13.8 Å². The van der Waals surface area contributed by atoms with Crippen LogP contribution in [0.2, 0.25) is 0 Å². The van der Waals surface area contributed by atoms with Crippen LogP contribution >= 0.6 is 0 Å². The van der Waals surface area contributed by atoms with Gasteiger partial charge in [0, 0.05) is 19.1 Å². The van der Waals surface area contributed by atoms with E-state index in [-0.39, 0.29) is 18.0 Å². The molecule has 0 saturated heterocycles. The van der Waals surface area contributed by atoms with E-state index in [9.17, 15) is 9.59 Å². The van der Waals surface area contributed by atoms with Crippen molar-refractivity contribution in [1.82, 2.24) is 10.2 Å². The van der Waals surface area contributed by atoms with Crippen molar-refractivity contribution in [3.63, 3.8) is 0 Å². The van der Waals surface area contributed by atoms with Crippen molar-refractivity contribution in [2.45, 2.75) is 39.7 Å². The number of nitrogens with one attached hydrogen (secondary N) is 1. The molecule has 5 heteroatoms. The van der Waals surface area contributed by atoms with Crippen LogP contribution in [0.15, 0.2) is 12.7 Å². The molecule has 0 rings (SSSR count). The lowest BCUT2D eigenvalue weighted by atomic mass is 10.1. The molecule has 0 aromatic rings. The number of rotatable bonds is 8. The first-order valence-electron chi connectivity index (χ1n) is 6.28. The van der Waals surface area contributed by atoms with Crippen molar-refractivity contribution in [3.8, 4) is 0 Å². The van der Waals surface area contributed by atoms with Crippen molar-refractivity contribution in [1.29, 1.82) is 0 Å². The maximum absolute atomic E-state index is 11.8. The number of carbonyl (C=O) groups is 2. The highest BCUT2D eigenvalue weighted by atomic mass is 16.4. The molecular weight excluding hydrogens is 232 g/mol. The van der Waals surface area contributed by atoms with Gasteiger partial charge in [0.2, 0.25) is 0 Å². The van der Waals surface area contributed by atoms with E-state index in [4.69, 9.17) is 5.11 Å². The van der Waals surface area contributed by atoms with Crippen molar-refractivity contribution in [2.24, 2.45) is 5.92 Å². The largest absolute Gasteiger partial charge is 0.481 e. The predicted molar refractivity (Wildman–Crippen MR) is 71.5 cm³/mol. The molecule has 0 heterocycles. The van der Waals surface area contributed by atoms with E-state index in [1.54, 1.807) is 17.9 Å². The maximum atomic E-state index is 11.8. The van der Waals surface area contributed by atoms with Crippen LogP contribution in [0.1, 0.15) is 33.6 Å². The molecule has 0 radical (unpaired) electrons. The van der Waals surface area contributed by atoms with Crippen LogP contribution in [0.3, 0.4) is 0 Å². The predicted octanol–water partition coefficient (Wildman–Crippen LogP) is 2.09. The topological polar surface area (TPSA) is 69.6 Å². The number of carboxylic acid groups (broad SMARTS) is 1. The number of carboxylic acids is 1. The molecule has 2 N–H and O–H groups in total. The fourth-order valence-corrected chi connectivity index (χ4v) is 1.50. The molecule has 0 saturated carbocycles. The molecule has 0 aliphatic rings. The van der Waals surface area contributed by atoms with Crippen molar-refractivity contribution < 1.29 is 14.7 Å². The molecule has 1 unspecified atom stereocenters. The molecular formula is C13H24N2O3. The third-order valence-corrected chi connectivity index (χ3v) is 2.72. The number of aliphatic carboxylic acids is 1. The standard InChI is InChI=1S/C13H24N2O3/c1-5-9-15(10(2)3)13(18)14-8-6-7-11(4)12(16)17/h5,10-11H,1,6-9H2,2-4H3,(H,14,18)(H,16,17). The molecule has 0 aliphatic carbocycles. The third kappa shape index (κ3) is 6.27. The van der Waals surface area contributed by atoms with Crippen LogP contribution in [0.5, 0.6) is 0 Å². The van der Waals surface area contributed by atoms with Crippen LogP contribution in [-0.2, 0) is 4.79 Å². The summed E-state index contributed by atoms with van der Waals surface area (Å²) in [5, 5.41) is 11.5. The minimum absolute atomic E-state index is 0.112. The lowest BCUT2D eigenvalue weighted by Crippen LogP contribution is -2.44. The summed E-state index contributed by atoms with van der Waals surface area (Å²) in [6.07, 6.45) is 2.92. The molecule has 2 amide bonds. The van der Waals surface area contributed by atoms with Crippen LogP contribution in [-0.4, -0.2) is 41.1 Å². The summed E-state index contributed by atoms with van der Waals surface area (Å²) in [6.45, 7) is 10.2. The summed E-state index contributed by atoms with van der Waals surface area (Å²) < 4.78 is 0. The van der Waals surface area contributed by atoms with E-state index in [1.165, 1.54) is 0 Å². The molecule has 1 atom stereocenters. The van der Waals surface area contributed by atoms with Gasteiger partial charge in [0.05, 0.1) is 5.92 Å². The monoisotopic (exact) mass is 256 g/mol. The van der Waals surface area contributed by atoms with Gasteiger partial charge in [0.1, 0.15) is 0 Å². The Morgan fingerprint density at radius 3 is 2.44 bits per heavy atom. The minimum Gasteiger partial charge on any atom is -0.481 e. The fourth-order valence-electron chi connectivity index (χ4n) is 1.50. The van der Waals surface area contributed by atoms with Gasteiger partial charge in [-0.2, -0.15) is 0 Å². The van der Waals surface area contributed by atoms with Gasteiger partial charge in [-0.3, -0.25) is 4.79 Å². The van der Waals surface area contributed by atoms with Crippen LogP contribution < -0.4 is 5.32 Å². The third-order valence-electron chi connectivity index (χ3n) is 2.72. The van der Waals surface area contributed by atoms with Gasteiger partial charge in [-0.25, -0.2) is 4.79 Å². The first-order chi connectivity index (χ1) is 8.40. The number of urea groups is 1. The van der Waals surface area contributed by atoms with Crippen LogP contribution in [0, 0.1) is 5.92 Å². The zero-order valence-electron chi connectivity index (χ0n) is 11.5. The Labute approximate surface area is 109 Å². The lowest BCUT2D eigenvalue weighted by molar-refractivity contribution is -0.141. The highest BCUT2D eigenvalue weighted by molar-refractivity contribution is 5.74. The lowest BCUT2D eigenvalue weighted by Gasteiger charge is -2.25. The second-order valence-corrected chi connectivity index (χ2v) is 4.65. The average molecular weight is 256 g/mol. The summed E-state index contributed by atoms with van der Waals surface area (Å²) in [5.74, 6) is -1.16. The Morgan fingerprint density at radius 1 is 1.39 bits per heavy atom. The first-order valence-corrected chi connectivity index (χ1v) is 6.28. The smallest absolute Gasteiger partial charge is 0.317 e. The second kappa shape index (κ2) is 8.55. The number of amides is 2. The Balaban J connectivity index is 3.94. The van der Waals surface area contributed by atoms with E-state index in [2.05, 4.69) is 11.9 Å². The highest BCUT2D eigenvalue weighted by Gasteiger charge is 2.15. The van der Waals surface area contributed by atoms with E-state index in [0.717, 1.165) is 0 Å². The molecule has 0 spiro atoms. The van der Waals surface area contributed by atoms with Gasteiger partial charge >= 0.3 is 12.0 Å². The Morgan fingerprint density at radius 2 is 2.00 bits per heavy atom. The molecule has 0 aliphatic heterocycles. The van der Waals surface area contributed by atoms with Gasteiger partial charge in [-0.05, 0) is 26.7 Å². The average Bonchev–Trinajstić information content (AvgIpc) is 2.30. The Bertz CT molecular complexity index is 290. The Hall–Kier alpha value is -1.52. The van der Waals surface area contributed by atoms with Gasteiger partial charge in [0.25, 0.3) is 0 Å². The molecule has 5 nitrogen and oxygen atoms in total. The van der Waals surface area contributed by atoms with Crippen molar-refractivity contribution in [3.05, 3.63) is 12.7 Å². The van der Waals surface area contributed by atoms with Gasteiger partial charge < -0.3 is 15.3 Å². The normalized spacial score (nSPS) is 12.0. The molecule has 0 bridgehead atoms. The second-order valence-electron chi connectivity index (χ2n) is 4.65. The summed E-state index contributed by atoms with van der Waals surface area (Å²) in [7, 11) is 0. The van der Waals surface area contributed by atoms with E-state index < -0.39 is 5.97 Å².